The number of phenols is 2. The van der Waals surface area contributed by atoms with E-state index in [1.165, 1.54) is 43.5 Å². The van der Waals surface area contributed by atoms with E-state index in [1.54, 1.807) is 6.92 Å². The Bertz CT molecular complexity index is 862. The molecular formula is C19H20O9. The van der Waals surface area contributed by atoms with Crippen LogP contribution in [0, 0.1) is 0 Å². The quantitative estimate of drug-likeness (QED) is 0.495. The summed E-state index contributed by atoms with van der Waals surface area (Å²) >= 11 is 0. The van der Waals surface area contributed by atoms with Gasteiger partial charge < -0.3 is 34.6 Å². The number of carbonyl (C=O) groups excluding carboxylic acids is 1. The van der Waals surface area contributed by atoms with Crippen LogP contribution >= 0.6 is 0 Å². The highest BCUT2D eigenvalue weighted by molar-refractivity contribution is 5.82. The van der Waals surface area contributed by atoms with Crippen LogP contribution in [0.3, 0.4) is 0 Å². The number of hydrogen-bond donors (Lipinski definition) is 4. The lowest BCUT2D eigenvalue weighted by Crippen LogP contribution is -2.23. The third-order valence-corrected chi connectivity index (χ3v) is 3.79. The second-order valence-electron chi connectivity index (χ2n) is 5.65. The maximum Gasteiger partial charge on any atom is 0.349 e. The normalized spacial score (nSPS) is 12.7. The Hall–Kier alpha value is -3.46. The summed E-state index contributed by atoms with van der Waals surface area (Å²) in [5.41, 5.74) is 0.0853. The summed E-state index contributed by atoms with van der Waals surface area (Å²) in [7, 11) is 1.28. The van der Waals surface area contributed by atoms with Crippen molar-refractivity contribution in [2.75, 3.05) is 13.7 Å². The van der Waals surface area contributed by atoms with E-state index in [1.807, 2.05) is 0 Å². The third-order valence-electron chi connectivity index (χ3n) is 3.79. The number of carboxylic acids is 1. The second kappa shape index (κ2) is 8.96. The summed E-state index contributed by atoms with van der Waals surface area (Å²) < 4.78 is 15.1. The Kier molecular flexibility index (Phi) is 6.67. The van der Waals surface area contributed by atoms with Crippen LogP contribution in [0.4, 0.5) is 0 Å². The van der Waals surface area contributed by atoms with Crippen molar-refractivity contribution in [3.05, 3.63) is 47.5 Å². The zero-order valence-electron chi connectivity index (χ0n) is 15.2. The molecule has 0 saturated heterocycles. The molecule has 0 spiro atoms. The van der Waals surface area contributed by atoms with Crippen LogP contribution in [0.5, 0.6) is 23.0 Å². The number of carbonyl (C=O) groups is 2. The standard InChI is InChI=1S/C19H20O9/c1-3-27-15-8-10(4-6-13(15)21)16(22)19(25)28-17(18(23)24)11-5-7-12(20)14(9-11)26-2/h4-9,16-17,20-22H,3H2,1-2H3,(H,23,24). The molecule has 2 aromatic carbocycles. The van der Waals surface area contributed by atoms with Crippen molar-refractivity contribution < 1.29 is 44.2 Å². The zero-order chi connectivity index (χ0) is 20.8. The first kappa shape index (κ1) is 20.8. The number of aliphatic hydroxyl groups is 1. The molecule has 0 bridgehead atoms. The Morgan fingerprint density at radius 1 is 1.00 bits per heavy atom. The molecule has 4 N–H and O–H groups in total. The van der Waals surface area contributed by atoms with Crippen molar-refractivity contribution in [2.24, 2.45) is 0 Å². The van der Waals surface area contributed by atoms with Crippen LogP contribution in [0.25, 0.3) is 0 Å². The van der Waals surface area contributed by atoms with Crippen LogP contribution in [-0.2, 0) is 14.3 Å². The van der Waals surface area contributed by atoms with Crippen LogP contribution < -0.4 is 9.47 Å². The molecule has 0 aromatic heterocycles. The van der Waals surface area contributed by atoms with E-state index in [0.29, 0.717) is 0 Å². The van der Waals surface area contributed by atoms with Gasteiger partial charge in [-0.25, -0.2) is 9.59 Å². The number of benzene rings is 2. The molecule has 0 fully saturated rings. The van der Waals surface area contributed by atoms with E-state index in [-0.39, 0.29) is 40.7 Å². The van der Waals surface area contributed by atoms with Crippen molar-refractivity contribution in [1.29, 1.82) is 0 Å². The SMILES string of the molecule is CCOc1cc(C(O)C(=O)OC(C(=O)O)c2ccc(O)c(OC)c2)ccc1O. The summed E-state index contributed by atoms with van der Waals surface area (Å²) in [6.07, 6.45) is -3.54. The van der Waals surface area contributed by atoms with E-state index in [2.05, 4.69) is 0 Å². The number of carboxylic acid groups (broad SMARTS) is 1. The van der Waals surface area contributed by atoms with Crippen LogP contribution in [0.2, 0.25) is 0 Å². The Balaban J connectivity index is 2.25. The summed E-state index contributed by atoms with van der Waals surface area (Å²) in [5, 5.41) is 38.9. The monoisotopic (exact) mass is 392 g/mol. The lowest BCUT2D eigenvalue weighted by atomic mass is 10.1. The third kappa shape index (κ3) is 4.63. The lowest BCUT2D eigenvalue weighted by molar-refractivity contribution is -0.171. The van der Waals surface area contributed by atoms with Gasteiger partial charge in [-0.3, -0.25) is 0 Å². The molecule has 0 amide bonds. The van der Waals surface area contributed by atoms with Gasteiger partial charge in [-0.2, -0.15) is 0 Å². The average Bonchev–Trinajstić information content (AvgIpc) is 2.67. The first-order chi connectivity index (χ1) is 13.3. The van der Waals surface area contributed by atoms with Gasteiger partial charge in [0.15, 0.2) is 29.1 Å². The largest absolute Gasteiger partial charge is 0.504 e. The number of aliphatic carboxylic acids is 1. The second-order valence-corrected chi connectivity index (χ2v) is 5.65. The summed E-state index contributed by atoms with van der Waals surface area (Å²) in [5.74, 6) is -3.02. The van der Waals surface area contributed by atoms with Gasteiger partial charge in [-0.05, 0) is 36.8 Å². The molecule has 0 aliphatic rings. The summed E-state index contributed by atoms with van der Waals surface area (Å²) in [4.78, 5) is 23.8. The molecule has 2 atom stereocenters. The molecule has 0 radical (unpaired) electrons. The lowest BCUT2D eigenvalue weighted by Gasteiger charge is -2.18. The van der Waals surface area contributed by atoms with Gasteiger partial charge in [-0.1, -0.05) is 12.1 Å². The highest BCUT2D eigenvalue weighted by Crippen LogP contribution is 2.33. The van der Waals surface area contributed by atoms with Crippen molar-refractivity contribution in [1.82, 2.24) is 0 Å². The average molecular weight is 392 g/mol. The van der Waals surface area contributed by atoms with Gasteiger partial charge in [0.05, 0.1) is 13.7 Å². The van der Waals surface area contributed by atoms with Crippen molar-refractivity contribution >= 4 is 11.9 Å². The van der Waals surface area contributed by atoms with Gasteiger partial charge in [-0.15, -0.1) is 0 Å². The molecule has 0 saturated carbocycles. The number of esters is 1. The molecule has 9 nitrogen and oxygen atoms in total. The highest BCUT2D eigenvalue weighted by Gasteiger charge is 2.30. The number of hydrogen-bond acceptors (Lipinski definition) is 8. The maximum absolute atomic E-state index is 12.3. The van der Waals surface area contributed by atoms with Gasteiger partial charge >= 0.3 is 11.9 Å². The van der Waals surface area contributed by atoms with Gasteiger partial charge in [0, 0.05) is 5.56 Å². The minimum atomic E-state index is -1.80. The van der Waals surface area contributed by atoms with Crippen LogP contribution in [0.1, 0.15) is 30.3 Å². The molecule has 0 heterocycles. The number of aliphatic hydroxyl groups excluding tert-OH is 1. The number of methoxy groups -OCH3 is 1. The molecule has 0 aliphatic heterocycles. The first-order valence-electron chi connectivity index (χ1n) is 8.22. The van der Waals surface area contributed by atoms with Gasteiger partial charge in [0.25, 0.3) is 0 Å². The first-order valence-corrected chi connectivity index (χ1v) is 8.22. The minimum absolute atomic E-state index is 0.000221. The molecule has 2 rings (SSSR count). The minimum Gasteiger partial charge on any atom is -0.504 e. The van der Waals surface area contributed by atoms with Gasteiger partial charge in [0.1, 0.15) is 0 Å². The summed E-state index contributed by atoms with van der Waals surface area (Å²) in [6.45, 7) is 1.95. The fourth-order valence-electron chi connectivity index (χ4n) is 2.41. The molecular weight excluding hydrogens is 372 g/mol. The van der Waals surface area contributed by atoms with Crippen molar-refractivity contribution in [3.8, 4) is 23.0 Å². The van der Waals surface area contributed by atoms with E-state index in [9.17, 15) is 30.0 Å². The van der Waals surface area contributed by atoms with E-state index in [0.717, 1.165) is 0 Å². The molecule has 2 unspecified atom stereocenters. The molecule has 28 heavy (non-hydrogen) atoms. The van der Waals surface area contributed by atoms with E-state index in [4.69, 9.17) is 14.2 Å². The predicted octanol–water partition coefficient (Wildman–Crippen LogP) is 1.91. The van der Waals surface area contributed by atoms with Crippen molar-refractivity contribution in [3.63, 3.8) is 0 Å². The Morgan fingerprint density at radius 2 is 1.57 bits per heavy atom. The topological polar surface area (TPSA) is 143 Å². The summed E-state index contributed by atoms with van der Waals surface area (Å²) in [6, 6.07) is 7.43. The fraction of sp³-hybridized carbons (Fsp3) is 0.263. The molecule has 150 valence electrons. The number of ether oxygens (including phenoxy) is 3. The number of rotatable bonds is 8. The fourth-order valence-corrected chi connectivity index (χ4v) is 2.41. The molecule has 2 aromatic rings. The molecule has 0 aliphatic carbocycles. The maximum atomic E-state index is 12.3. The number of phenolic OH excluding ortho intramolecular Hbond substituents is 2. The predicted molar refractivity (Wildman–Crippen MR) is 95.4 cm³/mol. The Morgan fingerprint density at radius 3 is 2.14 bits per heavy atom. The number of aromatic hydroxyl groups is 2. The zero-order valence-corrected chi connectivity index (χ0v) is 15.2. The van der Waals surface area contributed by atoms with E-state index < -0.39 is 24.1 Å². The highest BCUT2D eigenvalue weighted by atomic mass is 16.6. The van der Waals surface area contributed by atoms with Crippen LogP contribution in [0.15, 0.2) is 36.4 Å². The van der Waals surface area contributed by atoms with Crippen LogP contribution in [-0.4, -0.2) is 46.1 Å². The van der Waals surface area contributed by atoms with Gasteiger partial charge in [0.2, 0.25) is 6.10 Å². The van der Waals surface area contributed by atoms with Crippen molar-refractivity contribution in [2.45, 2.75) is 19.1 Å². The molecule has 9 heteroatoms. The Labute approximate surface area is 160 Å². The van der Waals surface area contributed by atoms with E-state index >= 15 is 0 Å². The smallest absolute Gasteiger partial charge is 0.349 e.